The number of methoxy groups -OCH3 is 1. The minimum atomic E-state index is -0.783. The van der Waals surface area contributed by atoms with Crippen molar-refractivity contribution in [2.24, 2.45) is 7.05 Å². The number of hydrogen-bond acceptors (Lipinski definition) is 4. The Morgan fingerprint density at radius 2 is 1.97 bits per heavy atom. The maximum atomic E-state index is 13.5. The minimum Gasteiger partial charge on any atom is -0.378 e. The van der Waals surface area contributed by atoms with E-state index in [9.17, 15) is 18.8 Å². The third kappa shape index (κ3) is 4.86. The normalized spacial score (nSPS) is 10.5. The van der Waals surface area contributed by atoms with E-state index in [1.807, 2.05) is 0 Å². The minimum absolute atomic E-state index is 0.0229. The second-order valence-corrected chi connectivity index (χ2v) is 6.57. The Kier molecular flexibility index (Phi) is 6.85. The molecule has 0 unspecified atom stereocenters. The van der Waals surface area contributed by atoms with Crippen LogP contribution in [0.15, 0.2) is 24.3 Å². The fraction of sp³-hybridized carbons (Fsp3) is 0.300. The summed E-state index contributed by atoms with van der Waals surface area (Å²) >= 11 is 0. The highest BCUT2D eigenvalue weighted by Gasteiger charge is 2.26. The van der Waals surface area contributed by atoms with Crippen LogP contribution in [0, 0.1) is 12.4 Å². The standard InChI is InChI=1S/C20H21FN4O4/c1-11(2)23-20(28)18(26)16-9-13(17(10-29-5)25(16)4)19(27)24-12-6-7-14(21)15(8-12)22-3/h6-9,11H,10H2,1-2,4-5H3,(H,23,28)(H,24,27). The average Bonchev–Trinajstić information content (AvgIpc) is 2.99. The molecule has 152 valence electrons. The highest BCUT2D eigenvalue weighted by molar-refractivity contribution is 6.42. The third-order valence-electron chi connectivity index (χ3n) is 4.07. The SMILES string of the molecule is [C-]#[N+]c1cc(NC(=O)c2cc(C(=O)C(=O)NC(C)C)n(C)c2COC)ccc1F. The monoisotopic (exact) mass is 400 g/mol. The zero-order valence-corrected chi connectivity index (χ0v) is 16.5. The lowest BCUT2D eigenvalue weighted by Gasteiger charge is -2.10. The first-order valence-corrected chi connectivity index (χ1v) is 8.70. The van der Waals surface area contributed by atoms with Crippen molar-refractivity contribution in [3.8, 4) is 0 Å². The molecule has 1 aromatic carbocycles. The van der Waals surface area contributed by atoms with E-state index in [2.05, 4.69) is 15.5 Å². The summed E-state index contributed by atoms with van der Waals surface area (Å²) in [4.78, 5) is 40.4. The Labute approximate surface area is 167 Å². The van der Waals surface area contributed by atoms with Gasteiger partial charge in [-0.2, -0.15) is 0 Å². The number of aromatic nitrogens is 1. The summed E-state index contributed by atoms with van der Waals surface area (Å²) in [6.07, 6.45) is 0. The molecule has 0 saturated heterocycles. The van der Waals surface area contributed by atoms with Gasteiger partial charge in [-0.25, -0.2) is 9.24 Å². The largest absolute Gasteiger partial charge is 0.378 e. The second kappa shape index (κ2) is 9.12. The van der Waals surface area contributed by atoms with E-state index in [4.69, 9.17) is 11.3 Å². The van der Waals surface area contributed by atoms with Crippen LogP contribution in [0.3, 0.4) is 0 Å². The van der Waals surface area contributed by atoms with Crippen LogP contribution in [0.4, 0.5) is 15.8 Å². The summed E-state index contributed by atoms with van der Waals surface area (Å²) in [5.74, 6) is -2.84. The Hall–Kier alpha value is -3.51. The molecule has 0 aliphatic rings. The van der Waals surface area contributed by atoms with Crippen molar-refractivity contribution in [1.29, 1.82) is 0 Å². The molecule has 2 N–H and O–H groups in total. The van der Waals surface area contributed by atoms with Crippen LogP contribution < -0.4 is 10.6 Å². The number of halogens is 1. The van der Waals surface area contributed by atoms with E-state index in [0.717, 1.165) is 6.07 Å². The first kappa shape index (κ1) is 21.8. The van der Waals surface area contributed by atoms with Gasteiger partial charge < -0.3 is 19.9 Å². The number of nitrogens with zero attached hydrogens (tertiary/aromatic N) is 2. The number of amides is 2. The number of nitrogens with one attached hydrogen (secondary N) is 2. The first-order valence-electron chi connectivity index (χ1n) is 8.70. The molecule has 2 amide bonds. The van der Waals surface area contributed by atoms with Gasteiger partial charge in [-0.3, -0.25) is 14.4 Å². The number of Topliss-reactive ketones (excluding diaryl/α,β-unsaturated/α-hetero) is 1. The van der Waals surface area contributed by atoms with Gasteiger partial charge in [-0.05, 0) is 38.1 Å². The molecule has 1 heterocycles. The molecule has 0 saturated carbocycles. The van der Waals surface area contributed by atoms with Crippen LogP contribution >= 0.6 is 0 Å². The van der Waals surface area contributed by atoms with Crippen molar-refractivity contribution >= 4 is 29.0 Å². The van der Waals surface area contributed by atoms with E-state index in [1.165, 1.54) is 29.9 Å². The Morgan fingerprint density at radius 3 is 2.55 bits per heavy atom. The highest BCUT2D eigenvalue weighted by Crippen LogP contribution is 2.24. The van der Waals surface area contributed by atoms with Crippen molar-refractivity contribution in [2.45, 2.75) is 26.5 Å². The van der Waals surface area contributed by atoms with E-state index in [1.54, 1.807) is 20.9 Å². The molecule has 2 aromatic rings. The van der Waals surface area contributed by atoms with E-state index < -0.39 is 23.4 Å². The van der Waals surface area contributed by atoms with Crippen LogP contribution in [-0.4, -0.2) is 35.3 Å². The topological polar surface area (TPSA) is 93.8 Å². The summed E-state index contributed by atoms with van der Waals surface area (Å²) in [7, 11) is 2.99. The predicted molar refractivity (Wildman–Crippen MR) is 104 cm³/mol. The molecule has 1 aromatic heterocycles. The van der Waals surface area contributed by atoms with E-state index >= 15 is 0 Å². The van der Waals surface area contributed by atoms with Crippen molar-refractivity contribution in [1.82, 2.24) is 9.88 Å². The van der Waals surface area contributed by atoms with Gasteiger partial charge in [0.25, 0.3) is 17.6 Å². The summed E-state index contributed by atoms with van der Waals surface area (Å²) in [5, 5.41) is 5.09. The number of ether oxygens (including phenoxy) is 1. The summed E-state index contributed by atoms with van der Waals surface area (Å²) in [5.41, 5.74) is 0.539. The van der Waals surface area contributed by atoms with Crippen molar-refractivity contribution in [3.05, 3.63) is 58.5 Å². The molecule has 2 rings (SSSR count). The first-order chi connectivity index (χ1) is 13.7. The molecule has 0 fully saturated rings. The number of hydrogen-bond donors (Lipinski definition) is 2. The number of carbonyl (C=O) groups excluding carboxylic acids is 3. The van der Waals surface area contributed by atoms with Gasteiger partial charge in [-0.15, -0.1) is 0 Å². The molecular formula is C20H21FN4O4. The molecule has 0 bridgehead atoms. The highest BCUT2D eigenvalue weighted by atomic mass is 19.1. The van der Waals surface area contributed by atoms with Gasteiger partial charge in [0, 0.05) is 25.9 Å². The van der Waals surface area contributed by atoms with Crippen LogP contribution in [0.1, 0.15) is 40.4 Å². The van der Waals surface area contributed by atoms with E-state index in [-0.39, 0.29) is 35.3 Å². The third-order valence-corrected chi connectivity index (χ3v) is 4.07. The molecule has 9 heteroatoms. The fourth-order valence-corrected chi connectivity index (χ4v) is 2.69. The van der Waals surface area contributed by atoms with Crippen LogP contribution in [0.5, 0.6) is 0 Å². The van der Waals surface area contributed by atoms with Crippen LogP contribution in [-0.2, 0) is 23.2 Å². The molecule has 0 aliphatic heterocycles. The van der Waals surface area contributed by atoms with Crippen molar-refractivity contribution < 1.29 is 23.5 Å². The van der Waals surface area contributed by atoms with Gasteiger partial charge in [0.2, 0.25) is 5.69 Å². The molecule has 0 aliphatic carbocycles. The quantitative estimate of drug-likeness (QED) is 0.425. The van der Waals surface area contributed by atoms with Gasteiger partial charge in [0.1, 0.15) is 5.82 Å². The Morgan fingerprint density at radius 1 is 1.28 bits per heavy atom. The average molecular weight is 400 g/mol. The summed E-state index contributed by atoms with van der Waals surface area (Å²) in [6, 6.07) is 4.70. The number of benzene rings is 1. The second-order valence-electron chi connectivity index (χ2n) is 6.57. The molecule has 0 radical (unpaired) electrons. The predicted octanol–water partition coefficient (Wildman–Crippen LogP) is 2.82. The molecule has 29 heavy (non-hydrogen) atoms. The molecule has 0 atom stereocenters. The van der Waals surface area contributed by atoms with Crippen LogP contribution in [0.25, 0.3) is 4.85 Å². The maximum absolute atomic E-state index is 13.5. The Balaban J connectivity index is 2.38. The lowest BCUT2D eigenvalue weighted by atomic mass is 10.2. The lowest BCUT2D eigenvalue weighted by Crippen LogP contribution is -2.36. The van der Waals surface area contributed by atoms with E-state index in [0.29, 0.717) is 5.69 Å². The molecule has 8 nitrogen and oxygen atoms in total. The van der Waals surface area contributed by atoms with Gasteiger partial charge in [0.15, 0.2) is 0 Å². The molecular weight excluding hydrogens is 379 g/mol. The van der Waals surface area contributed by atoms with Crippen LogP contribution in [0.2, 0.25) is 0 Å². The summed E-state index contributed by atoms with van der Waals surface area (Å²) in [6.45, 7) is 10.4. The summed E-state index contributed by atoms with van der Waals surface area (Å²) < 4.78 is 20.0. The fourth-order valence-electron chi connectivity index (χ4n) is 2.69. The lowest BCUT2D eigenvalue weighted by molar-refractivity contribution is -0.117. The van der Waals surface area contributed by atoms with Crippen molar-refractivity contribution in [3.63, 3.8) is 0 Å². The van der Waals surface area contributed by atoms with Gasteiger partial charge in [-0.1, -0.05) is 0 Å². The zero-order valence-electron chi connectivity index (χ0n) is 16.5. The number of anilines is 1. The number of rotatable bonds is 7. The van der Waals surface area contributed by atoms with Gasteiger partial charge >= 0.3 is 0 Å². The Bertz CT molecular complexity index is 1000. The number of carbonyl (C=O) groups is 3. The van der Waals surface area contributed by atoms with Crippen molar-refractivity contribution in [2.75, 3.05) is 12.4 Å². The maximum Gasteiger partial charge on any atom is 0.294 e. The number of ketones is 1. The zero-order chi connectivity index (χ0) is 21.7. The van der Waals surface area contributed by atoms with Gasteiger partial charge in [0.05, 0.1) is 30.1 Å². The smallest absolute Gasteiger partial charge is 0.294 e. The molecule has 0 spiro atoms.